The maximum Gasteiger partial charge on any atom is 0.239 e. The van der Waals surface area contributed by atoms with Gasteiger partial charge in [-0.15, -0.1) is 0 Å². The number of carbonyl (C=O) groups excluding carboxylic acids is 2. The van der Waals surface area contributed by atoms with Crippen molar-refractivity contribution in [1.29, 1.82) is 0 Å². The Labute approximate surface area is 115 Å². The molecule has 0 radical (unpaired) electrons. The molecule has 0 spiro atoms. The van der Waals surface area contributed by atoms with Crippen LogP contribution in [0, 0.1) is 0 Å². The second kappa shape index (κ2) is 7.45. The molecule has 0 aromatic rings. The molecule has 1 aliphatic rings. The predicted octanol–water partition coefficient (Wildman–Crippen LogP) is -0.607. The minimum absolute atomic E-state index is 0.0191. The first-order chi connectivity index (χ1) is 8.88. The number of likely N-dealkylation sites (N-methyl/N-ethyl adjacent to an activating group) is 1. The first kappa shape index (κ1) is 15.9. The van der Waals surface area contributed by atoms with Gasteiger partial charge in [-0.3, -0.25) is 14.5 Å². The molecule has 0 aromatic carbocycles. The highest BCUT2D eigenvalue weighted by Crippen LogP contribution is 2.07. The van der Waals surface area contributed by atoms with E-state index >= 15 is 0 Å². The van der Waals surface area contributed by atoms with Crippen molar-refractivity contribution in [2.45, 2.75) is 38.8 Å². The predicted molar refractivity (Wildman–Crippen MR) is 74.6 cm³/mol. The Balaban J connectivity index is 2.30. The summed E-state index contributed by atoms with van der Waals surface area (Å²) in [5.41, 5.74) is 5.82. The van der Waals surface area contributed by atoms with Crippen LogP contribution in [0.2, 0.25) is 0 Å². The van der Waals surface area contributed by atoms with Crippen LogP contribution in [0.5, 0.6) is 0 Å². The van der Waals surface area contributed by atoms with Gasteiger partial charge in [-0.25, -0.2) is 0 Å². The largest absolute Gasteiger partial charge is 0.352 e. The Morgan fingerprint density at radius 3 is 2.47 bits per heavy atom. The monoisotopic (exact) mass is 270 g/mol. The van der Waals surface area contributed by atoms with Crippen molar-refractivity contribution in [3.8, 4) is 0 Å². The van der Waals surface area contributed by atoms with Crippen LogP contribution in [0.3, 0.4) is 0 Å². The zero-order valence-corrected chi connectivity index (χ0v) is 12.2. The van der Waals surface area contributed by atoms with Gasteiger partial charge >= 0.3 is 0 Å². The van der Waals surface area contributed by atoms with Gasteiger partial charge in [0.05, 0.1) is 13.1 Å². The van der Waals surface area contributed by atoms with E-state index < -0.39 is 0 Å². The fraction of sp³-hybridized carbons (Fsp3) is 0.846. The van der Waals surface area contributed by atoms with Crippen molar-refractivity contribution in [1.82, 2.24) is 15.1 Å². The van der Waals surface area contributed by atoms with Crippen LogP contribution in [0.25, 0.3) is 0 Å². The molecule has 1 fully saturated rings. The van der Waals surface area contributed by atoms with Gasteiger partial charge in [0, 0.05) is 32.2 Å². The third-order valence-corrected chi connectivity index (χ3v) is 3.25. The van der Waals surface area contributed by atoms with Gasteiger partial charge in [0.2, 0.25) is 11.8 Å². The smallest absolute Gasteiger partial charge is 0.239 e. The van der Waals surface area contributed by atoms with Crippen molar-refractivity contribution < 1.29 is 9.59 Å². The summed E-state index contributed by atoms with van der Waals surface area (Å²) in [7, 11) is 1.66. The highest BCUT2D eigenvalue weighted by molar-refractivity contribution is 5.85. The van der Waals surface area contributed by atoms with Crippen LogP contribution in [-0.4, -0.2) is 66.9 Å². The van der Waals surface area contributed by atoms with Crippen LogP contribution in [-0.2, 0) is 9.59 Å². The average molecular weight is 270 g/mol. The summed E-state index contributed by atoms with van der Waals surface area (Å²) >= 11 is 0. The normalized spacial score (nSPS) is 17.5. The maximum atomic E-state index is 12.0. The summed E-state index contributed by atoms with van der Waals surface area (Å²) in [4.78, 5) is 27.1. The number of nitrogens with two attached hydrogens (primary N) is 1. The summed E-state index contributed by atoms with van der Waals surface area (Å²) in [6.45, 7) is 6.01. The van der Waals surface area contributed by atoms with E-state index in [0.29, 0.717) is 6.54 Å². The third-order valence-electron chi connectivity index (χ3n) is 3.25. The topological polar surface area (TPSA) is 78.7 Å². The zero-order valence-electron chi connectivity index (χ0n) is 12.2. The third kappa shape index (κ3) is 6.02. The van der Waals surface area contributed by atoms with Gasteiger partial charge in [-0.1, -0.05) is 0 Å². The molecule has 1 rings (SSSR count). The molecule has 1 aliphatic heterocycles. The van der Waals surface area contributed by atoms with Crippen molar-refractivity contribution in [2.75, 3.05) is 33.2 Å². The molecule has 3 N–H and O–H groups in total. The standard InChI is InChI=1S/C13H26N4O2/c1-10(2)15-12(18)8-16(3)13(19)9-17-6-4-11(14)5-7-17/h10-11H,4-9,14H2,1-3H3,(H,15,18). The Kier molecular flexibility index (Phi) is 6.24. The molecule has 6 heteroatoms. The molecule has 0 aromatic heterocycles. The second-order valence-electron chi connectivity index (χ2n) is 5.59. The first-order valence-electron chi connectivity index (χ1n) is 6.89. The van der Waals surface area contributed by atoms with Crippen LogP contribution >= 0.6 is 0 Å². The van der Waals surface area contributed by atoms with Gasteiger partial charge in [-0.05, 0) is 26.7 Å². The minimum atomic E-state index is -0.119. The fourth-order valence-electron chi connectivity index (χ4n) is 2.09. The van der Waals surface area contributed by atoms with Crippen LogP contribution in [0.4, 0.5) is 0 Å². The quantitative estimate of drug-likeness (QED) is 0.699. The van der Waals surface area contributed by atoms with Crippen molar-refractivity contribution in [3.63, 3.8) is 0 Å². The molecule has 19 heavy (non-hydrogen) atoms. The lowest BCUT2D eigenvalue weighted by Crippen LogP contribution is -2.47. The molecule has 0 saturated carbocycles. The first-order valence-corrected chi connectivity index (χ1v) is 6.89. The highest BCUT2D eigenvalue weighted by atomic mass is 16.2. The number of rotatable bonds is 5. The Hall–Kier alpha value is -1.14. The molecular weight excluding hydrogens is 244 g/mol. The van der Waals surface area contributed by atoms with Crippen LogP contribution in [0.1, 0.15) is 26.7 Å². The lowest BCUT2D eigenvalue weighted by molar-refractivity contribution is -0.136. The maximum absolute atomic E-state index is 12.0. The van der Waals surface area contributed by atoms with E-state index in [0.717, 1.165) is 25.9 Å². The van der Waals surface area contributed by atoms with E-state index in [1.807, 2.05) is 13.8 Å². The number of nitrogens with zero attached hydrogens (tertiary/aromatic N) is 2. The summed E-state index contributed by atoms with van der Waals surface area (Å²) in [5, 5.41) is 2.77. The number of piperidine rings is 1. The molecule has 6 nitrogen and oxygen atoms in total. The van der Waals surface area contributed by atoms with Gasteiger partial charge in [-0.2, -0.15) is 0 Å². The molecule has 110 valence electrons. The molecule has 1 heterocycles. The van der Waals surface area contributed by atoms with Gasteiger partial charge in [0.25, 0.3) is 0 Å². The van der Waals surface area contributed by atoms with Crippen molar-refractivity contribution >= 4 is 11.8 Å². The van der Waals surface area contributed by atoms with Gasteiger partial charge < -0.3 is 16.0 Å². The number of nitrogens with one attached hydrogen (secondary N) is 1. The average Bonchev–Trinajstić information content (AvgIpc) is 2.30. The van der Waals surface area contributed by atoms with E-state index in [1.165, 1.54) is 4.90 Å². The number of hydrogen-bond donors (Lipinski definition) is 2. The minimum Gasteiger partial charge on any atom is -0.352 e. The number of amides is 2. The summed E-state index contributed by atoms with van der Waals surface area (Å²) in [6, 6.07) is 0.362. The zero-order chi connectivity index (χ0) is 14.4. The van der Waals surface area contributed by atoms with E-state index in [9.17, 15) is 9.59 Å². The van der Waals surface area contributed by atoms with Crippen molar-refractivity contribution in [3.05, 3.63) is 0 Å². The van der Waals surface area contributed by atoms with E-state index in [2.05, 4.69) is 10.2 Å². The van der Waals surface area contributed by atoms with Gasteiger partial charge in [0.15, 0.2) is 0 Å². The molecular formula is C13H26N4O2. The summed E-state index contributed by atoms with van der Waals surface area (Å²) in [5.74, 6) is -0.138. The molecule has 0 atom stereocenters. The Morgan fingerprint density at radius 2 is 1.95 bits per heavy atom. The van der Waals surface area contributed by atoms with E-state index in [1.54, 1.807) is 7.05 Å². The summed E-state index contributed by atoms with van der Waals surface area (Å²) < 4.78 is 0. The molecule has 0 unspecified atom stereocenters. The van der Waals surface area contributed by atoms with E-state index in [4.69, 9.17) is 5.73 Å². The number of likely N-dealkylation sites (tertiary alicyclic amines) is 1. The summed E-state index contributed by atoms with van der Waals surface area (Å²) in [6.07, 6.45) is 1.87. The van der Waals surface area contributed by atoms with Crippen LogP contribution in [0.15, 0.2) is 0 Å². The van der Waals surface area contributed by atoms with E-state index in [-0.39, 0.29) is 30.4 Å². The molecule has 2 amide bonds. The molecule has 0 bridgehead atoms. The second-order valence-corrected chi connectivity index (χ2v) is 5.59. The Morgan fingerprint density at radius 1 is 1.37 bits per heavy atom. The van der Waals surface area contributed by atoms with Gasteiger partial charge in [0.1, 0.15) is 0 Å². The Bertz CT molecular complexity index is 312. The lowest BCUT2D eigenvalue weighted by Gasteiger charge is -2.30. The highest BCUT2D eigenvalue weighted by Gasteiger charge is 2.20. The van der Waals surface area contributed by atoms with Crippen LogP contribution < -0.4 is 11.1 Å². The lowest BCUT2D eigenvalue weighted by atomic mass is 10.1. The number of hydrogen-bond acceptors (Lipinski definition) is 4. The molecule has 1 saturated heterocycles. The fourth-order valence-corrected chi connectivity index (χ4v) is 2.09. The number of carbonyl (C=O) groups is 2. The SMILES string of the molecule is CC(C)NC(=O)CN(C)C(=O)CN1CCC(N)CC1. The molecule has 0 aliphatic carbocycles. The van der Waals surface area contributed by atoms with Crippen molar-refractivity contribution in [2.24, 2.45) is 5.73 Å².